The summed E-state index contributed by atoms with van der Waals surface area (Å²) in [4.78, 5) is 31.1. The summed E-state index contributed by atoms with van der Waals surface area (Å²) in [5.74, 6) is 0.448. The van der Waals surface area contributed by atoms with Crippen molar-refractivity contribution < 1.29 is 19.1 Å². The maximum Gasteiger partial charge on any atom is 0.242 e. The van der Waals surface area contributed by atoms with Crippen molar-refractivity contribution in [3.63, 3.8) is 0 Å². The summed E-state index contributed by atoms with van der Waals surface area (Å²) in [6.45, 7) is 4.91. The van der Waals surface area contributed by atoms with Gasteiger partial charge in [-0.25, -0.2) is 0 Å². The molecule has 5 bridgehead atoms. The highest BCUT2D eigenvalue weighted by atomic mass is 16.5. The topological polar surface area (TPSA) is 59.1 Å². The Hall–Kier alpha value is -2.18. The molecule has 146 valence electrons. The van der Waals surface area contributed by atoms with Gasteiger partial charge in [0.05, 0.1) is 23.8 Å². The van der Waals surface area contributed by atoms with E-state index in [0.29, 0.717) is 6.61 Å². The quantitative estimate of drug-likeness (QED) is 0.747. The molecule has 0 aromatic heterocycles. The zero-order valence-corrected chi connectivity index (χ0v) is 16.1. The Morgan fingerprint density at radius 2 is 2.11 bits per heavy atom. The van der Waals surface area contributed by atoms with E-state index in [1.165, 1.54) is 0 Å². The first-order valence-electron chi connectivity index (χ1n) is 9.98. The number of para-hydroxylation sites is 1. The van der Waals surface area contributed by atoms with E-state index in [0.717, 1.165) is 17.7 Å². The molecule has 4 fully saturated rings. The fourth-order valence-electron chi connectivity index (χ4n) is 7.61. The molecule has 6 rings (SSSR count). The van der Waals surface area contributed by atoms with Crippen LogP contribution in [0.3, 0.4) is 0 Å². The zero-order valence-electron chi connectivity index (χ0n) is 16.1. The molecular formula is C22H24N2O4. The number of methoxy groups -OCH3 is 1. The first kappa shape index (κ1) is 16.7. The van der Waals surface area contributed by atoms with Crippen LogP contribution in [-0.4, -0.2) is 56.4 Å². The summed E-state index contributed by atoms with van der Waals surface area (Å²) >= 11 is 0. The third-order valence-corrected chi connectivity index (χ3v) is 8.35. The van der Waals surface area contributed by atoms with Crippen LogP contribution >= 0.6 is 0 Å². The van der Waals surface area contributed by atoms with Crippen LogP contribution in [0, 0.1) is 23.2 Å². The minimum Gasteiger partial charge on any atom is -0.376 e. The molecule has 3 aliphatic heterocycles. The summed E-state index contributed by atoms with van der Waals surface area (Å²) in [6, 6.07) is 7.94. The third kappa shape index (κ3) is 1.41. The van der Waals surface area contributed by atoms with Crippen molar-refractivity contribution in [1.29, 1.82) is 0 Å². The molecule has 3 heterocycles. The van der Waals surface area contributed by atoms with E-state index >= 15 is 0 Å². The lowest BCUT2D eigenvalue weighted by Crippen LogP contribution is -2.64. The van der Waals surface area contributed by atoms with Gasteiger partial charge in [-0.15, -0.1) is 6.58 Å². The lowest BCUT2D eigenvalue weighted by atomic mass is 9.51. The standard InChI is InChI=1S/C22H24N2O4/c1-4-21-14-9-16-22(18(21)17(12(14)10-28-16)23(2)19(21)25)13-7-5-6-8-15(13)24(11-27-3)20(22)26/h4-8,12,14,16-18H,1,9-11H2,2-3H3/t12-,14+,16+,17+,18-,21-,22-/m0/s1. The number of hydrogen-bond acceptors (Lipinski definition) is 4. The maximum absolute atomic E-state index is 14.1. The summed E-state index contributed by atoms with van der Waals surface area (Å²) in [7, 11) is 3.48. The Bertz CT molecular complexity index is 931. The van der Waals surface area contributed by atoms with Gasteiger partial charge in [0.2, 0.25) is 11.8 Å². The van der Waals surface area contributed by atoms with Crippen LogP contribution in [0.25, 0.3) is 0 Å². The molecular weight excluding hydrogens is 356 g/mol. The molecule has 5 aliphatic rings. The number of hydrogen-bond donors (Lipinski definition) is 0. The van der Waals surface area contributed by atoms with Crippen LogP contribution in [0.1, 0.15) is 12.0 Å². The molecule has 0 N–H and O–H groups in total. The van der Waals surface area contributed by atoms with Crippen LogP contribution in [0.5, 0.6) is 0 Å². The third-order valence-electron chi connectivity index (χ3n) is 8.35. The number of benzene rings is 1. The van der Waals surface area contributed by atoms with Gasteiger partial charge < -0.3 is 14.4 Å². The molecule has 28 heavy (non-hydrogen) atoms. The lowest BCUT2D eigenvalue weighted by Gasteiger charge is -2.53. The van der Waals surface area contributed by atoms with Crippen molar-refractivity contribution in [2.75, 3.05) is 32.4 Å². The van der Waals surface area contributed by atoms with Crippen molar-refractivity contribution in [3.05, 3.63) is 42.5 Å². The van der Waals surface area contributed by atoms with E-state index in [1.54, 1.807) is 12.0 Å². The number of ether oxygens (including phenoxy) is 2. The molecule has 1 spiro atoms. The van der Waals surface area contributed by atoms with Gasteiger partial charge in [-0.2, -0.15) is 0 Å². The van der Waals surface area contributed by atoms with Gasteiger partial charge in [-0.05, 0) is 24.0 Å². The van der Waals surface area contributed by atoms with Crippen LogP contribution < -0.4 is 4.90 Å². The van der Waals surface area contributed by atoms with Gasteiger partial charge in [0.15, 0.2) is 0 Å². The van der Waals surface area contributed by atoms with Crippen molar-refractivity contribution in [1.82, 2.24) is 4.90 Å². The van der Waals surface area contributed by atoms with Crippen LogP contribution in [0.4, 0.5) is 5.69 Å². The van der Waals surface area contributed by atoms with E-state index in [1.807, 2.05) is 42.3 Å². The number of likely N-dealkylation sites (tertiary alicyclic amines) is 1. The first-order chi connectivity index (χ1) is 13.5. The number of anilines is 1. The number of amides is 2. The van der Waals surface area contributed by atoms with Crippen LogP contribution in [0.2, 0.25) is 0 Å². The molecule has 6 nitrogen and oxygen atoms in total. The van der Waals surface area contributed by atoms with Gasteiger partial charge in [0.1, 0.15) is 12.1 Å². The Balaban J connectivity index is 1.67. The summed E-state index contributed by atoms with van der Waals surface area (Å²) < 4.78 is 11.7. The Morgan fingerprint density at radius 3 is 2.86 bits per heavy atom. The molecule has 1 aromatic rings. The second-order valence-electron chi connectivity index (χ2n) is 8.89. The van der Waals surface area contributed by atoms with Gasteiger partial charge >= 0.3 is 0 Å². The maximum atomic E-state index is 14.1. The molecule has 6 heteroatoms. The minimum atomic E-state index is -0.865. The molecule has 2 amide bonds. The van der Waals surface area contributed by atoms with E-state index in [-0.39, 0.29) is 48.4 Å². The van der Waals surface area contributed by atoms with Gasteiger partial charge in [0.25, 0.3) is 0 Å². The first-order valence-corrected chi connectivity index (χ1v) is 9.98. The molecule has 0 unspecified atom stereocenters. The van der Waals surface area contributed by atoms with Crippen molar-refractivity contribution in [3.8, 4) is 0 Å². The Kier molecular flexibility index (Phi) is 3.02. The number of fused-ring (bicyclic) bond motifs is 5. The number of carbonyl (C=O) groups excluding carboxylic acids is 2. The second-order valence-corrected chi connectivity index (χ2v) is 8.89. The summed E-state index contributed by atoms with van der Waals surface area (Å²) in [6.07, 6.45) is 2.37. The van der Waals surface area contributed by atoms with Crippen LogP contribution in [0.15, 0.2) is 36.9 Å². The van der Waals surface area contributed by atoms with Crippen molar-refractivity contribution in [2.45, 2.75) is 24.0 Å². The smallest absolute Gasteiger partial charge is 0.242 e. The number of rotatable bonds is 3. The van der Waals surface area contributed by atoms with Gasteiger partial charge in [-0.3, -0.25) is 14.5 Å². The normalized spacial score (nSPS) is 44.7. The number of piperidine rings is 1. The predicted molar refractivity (Wildman–Crippen MR) is 101 cm³/mol. The highest BCUT2D eigenvalue weighted by molar-refractivity contribution is 6.10. The predicted octanol–water partition coefficient (Wildman–Crippen LogP) is 1.55. The van der Waals surface area contributed by atoms with Crippen molar-refractivity contribution in [2.24, 2.45) is 23.2 Å². The van der Waals surface area contributed by atoms with E-state index in [2.05, 4.69) is 6.58 Å². The Labute approximate surface area is 164 Å². The minimum absolute atomic E-state index is 0.00232. The number of nitrogens with zero attached hydrogens (tertiary/aromatic N) is 2. The number of carbonyl (C=O) groups is 2. The van der Waals surface area contributed by atoms with E-state index in [4.69, 9.17) is 9.47 Å². The van der Waals surface area contributed by atoms with Gasteiger partial charge in [0, 0.05) is 32.0 Å². The second kappa shape index (κ2) is 5.05. The summed E-state index contributed by atoms with van der Waals surface area (Å²) in [5.41, 5.74) is 0.305. The molecule has 0 radical (unpaired) electrons. The summed E-state index contributed by atoms with van der Waals surface area (Å²) in [5, 5.41) is 0. The van der Waals surface area contributed by atoms with Crippen molar-refractivity contribution >= 4 is 17.5 Å². The van der Waals surface area contributed by atoms with Crippen LogP contribution in [-0.2, 0) is 24.5 Å². The Morgan fingerprint density at radius 1 is 1.32 bits per heavy atom. The molecule has 2 saturated heterocycles. The molecule has 7 atom stereocenters. The van der Waals surface area contributed by atoms with E-state index < -0.39 is 10.8 Å². The fraction of sp³-hybridized carbons (Fsp3) is 0.545. The van der Waals surface area contributed by atoms with Gasteiger partial charge in [-0.1, -0.05) is 24.3 Å². The molecule has 2 aliphatic carbocycles. The molecule has 2 saturated carbocycles. The average Bonchev–Trinajstić information content (AvgIpc) is 3.14. The largest absolute Gasteiger partial charge is 0.376 e. The fourth-order valence-corrected chi connectivity index (χ4v) is 7.61. The highest BCUT2D eigenvalue weighted by Gasteiger charge is 2.83. The monoisotopic (exact) mass is 380 g/mol. The lowest BCUT2D eigenvalue weighted by molar-refractivity contribution is -0.168. The van der Waals surface area contributed by atoms with E-state index in [9.17, 15) is 9.59 Å². The average molecular weight is 380 g/mol. The zero-order chi connectivity index (χ0) is 19.4. The SMILES string of the molecule is C=C[C@]12C(=O)N(C)[C@@H]3[C@H]4CO[C@H](C[C@H]41)[C@]1(C(=O)N(COC)c4ccccc41)[C@@H]32. The highest BCUT2D eigenvalue weighted by Crippen LogP contribution is 2.74. The molecule has 1 aromatic carbocycles.